The van der Waals surface area contributed by atoms with E-state index in [4.69, 9.17) is 5.11 Å². The van der Waals surface area contributed by atoms with Crippen LogP contribution >= 0.6 is 15.9 Å². The van der Waals surface area contributed by atoms with Crippen LogP contribution in [0.25, 0.3) is 0 Å². The lowest BCUT2D eigenvalue weighted by molar-refractivity contribution is 0.0696. The van der Waals surface area contributed by atoms with Crippen LogP contribution in [0.1, 0.15) is 24.2 Å². The van der Waals surface area contributed by atoms with Crippen LogP contribution in [-0.2, 0) is 10.0 Å². The summed E-state index contributed by atoms with van der Waals surface area (Å²) in [6.45, 7) is 4.00. The SMILES string of the molecule is CN(C)C(C)(C)CNS(=O)(=O)c1cc(C(=O)O)ccc1Br. The average molecular weight is 379 g/mol. The first-order chi connectivity index (χ1) is 9.47. The van der Waals surface area contributed by atoms with Crippen LogP contribution in [0.2, 0.25) is 0 Å². The molecule has 0 radical (unpaired) electrons. The van der Waals surface area contributed by atoms with E-state index >= 15 is 0 Å². The van der Waals surface area contributed by atoms with Gasteiger partial charge in [-0.25, -0.2) is 17.9 Å². The summed E-state index contributed by atoms with van der Waals surface area (Å²) < 4.78 is 27.5. The van der Waals surface area contributed by atoms with Crippen LogP contribution in [0.5, 0.6) is 0 Å². The maximum absolute atomic E-state index is 12.3. The molecule has 21 heavy (non-hydrogen) atoms. The highest BCUT2D eigenvalue weighted by atomic mass is 79.9. The molecule has 0 amide bonds. The molecule has 2 N–H and O–H groups in total. The number of nitrogens with one attached hydrogen (secondary N) is 1. The molecule has 1 aromatic rings. The number of rotatable bonds is 6. The number of carbonyl (C=O) groups is 1. The maximum atomic E-state index is 12.3. The molecule has 8 heteroatoms. The Morgan fingerprint density at radius 2 is 1.95 bits per heavy atom. The molecular formula is C13H19BrN2O4S. The molecule has 1 aromatic carbocycles. The molecule has 6 nitrogen and oxygen atoms in total. The molecule has 0 aromatic heterocycles. The Bertz CT molecular complexity index is 642. The van der Waals surface area contributed by atoms with Crippen molar-refractivity contribution in [2.75, 3.05) is 20.6 Å². The summed E-state index contributed by atoms with van der Waals surface area (Å²) >= 11 is 3.14. The van der Waals surface area contributed by atoms with Gasteiger partial charge in [0.2, 0.25) is 10.0 Å². The lowest BCUT2D eigenvalue weighted by Crippen LogP contribution is -2.48. The minimum absolute atomic E-state index is 0.0783. The number of carboxylic acids is 1. The molecule has 0 heterocycles. The minimum atomic E-state index is -3.80. The summed E-state index contributed by atoms with van der Waals surface area (Å²) in [7, 11) is -0.0877. The van der Waals surface area contributed by atoms with Crippen molar-refractivity contribution in [3.63, 3.8) is 0 Å². The quantitative estimate of drug-likeness (QED) is 0.787. The van der Waals surface area contributed by atoms with Gasteiger partial charge in [0, 0.05) is 16.6 Å². The van der Waals surface area contributed by atoms with Gasteiger partial charge in [-0.2, -0.15) is 0 Å². The molecule has 1 rings (SSSR count). The molecule has 0 spiro atoms. The third-order valence-corrected chi connectivity index (χ3v) is 5.77. The van der Waals surface area contributed by atoms with Crippen LogP contribution < -0.4 is 4.72 Å². The van der Waals surface area contributed by atoms with Gasteiger partial charge in [-0.3, -0.25) is 0 Å². The molecule has 0 aliphatic carbocycles. The highest BCUT2D eigenvalue weighted by molar-refractivity contribution is 9.10. The molecule has 0 saturated heterocycles. The largest absolute Gasteiger partial charge is 0.478 e. The highest BCUT2D eigenvalue weighted by Crippen LogP contribution is 2.23. The van der Waals surface area contributed by atoms with Crippen molar-refractivity contribution < 1.29 is 18.3 Å². The molecule has 118 valence electrons. The zero-order valence-corrected chi connectivity index (χ0v) is 14.7. The average Bonchev–Trinajstić information content (AvgIpc) is 2.36. The van der Waals surface area contributed by atoms with Gasteiger partial charge in [-0.1, -0.05) is 0 Å². The number of sulfonamides is 1. The van der Waals surface area contributed by atoms with Gasteiger partial charge in [0.25, 0.3) is 0 Å². The zero-order chi connectivity index (χ0) is 16.4. The molecular weight excluding hydrogens is 360 g/mol. The predicted molar refractivity (Wildman–Crippen MR) is 84.1 cm³/mol. The van der Waals surface area contributed by atoms with E-state index in [9.17, 15) is 13.2 Å². The van der Waals surface area contributed by atoms with Gasteiger partial charge < -0.3 is 10.0 Å². The standard InChI is InChI=1S/C13H19BrN2O4S/c1-13(2,16(3)4)8-15-21(19,20)11-7-9(12(17)18)5-6-10(11)14/h5-7,15H,8H2,1-4H3,(H,17,18). The summed E-state index contributed by atoms with van der Waals surface area (Å²) in [5.41, 5.74) is -0.449. The Morgan fingerprint density at radius 1 is 1.38 bits per heavy atom. The van der Waals surface area contributed by atoms with E-state index in [1.807, 2.05) is 32.8 Å². The van der Waals surface area contributed by atoms with E-state index < -0.39 is 16.0 Å². The van der Waals surface area contributed by atoms with Crippen molar-refractivity contribution in [3.05, 3.63) is 28.2 Å². The summed E-state index contributed by atoms with van der Waals surface area (Å²) in [4.78, 5) is 12.8. The number of hydrogen-bond acceptors (Lipinski definition) is 4. The number of hydrogen-bond donors (Lipinski definition) is 2. The molecule has 0 saturated carbocycles. The van der Waals surface area contributed by atoms with Crippen LogP contribution in [-0.4, -0.2) is 50.6 Å². The first-order valence-corrected chi connectivity index (χ1v) is 8.45. The number of nitrogens with zero attached hydrogens (tertiary/aromatic N) is 1. The molecule has 0 bridgehead atoms. The topological polar surface area (TPSA) is 86.7 Å². The Morgan fingerprint density at radius 3 is 2.43 bits per heavy atom. The zero-order valence-electron chi connectivity index (χ0n) is 12.3. The molecule has 0 aliphatic rings. The monoisotopic (exact) mass is 378 g/mol. The van der Waals surface area contributed by atoms with Crippen LogP contribution in [0.4, 0.5) is 0 Å². The maximum Gasteiger partial charge on any atom is 0.335 e. The first-order valence-electron chi connectivity index (χ1n) is 6.17. The van der Waals surface area contributed by atoms with E-state index in [2.05, 4.69) is 20.7 Å². The van der Waals surface area contributed by atoms with Gasteiger partial charge >= 0.3 is 5.97 Å². The second-order valence-corrected chi connectivity index (χ2v) is 8.07. The molecule has 0 fully saturated rings. The Labute approximate surface area is 133 Å². The van der Waals surface area contributed by atoms with Crippen molar-refractivity contribution in [1.29, 1.82) is 0 Å². The van der Waals surface area contributed by atoms with E-state index in [1.165, 1.54) is 12.1 Å². The Balaban J connectivity index is 3.09. The van der Waals surface area contributed by atoms with Gasteiger partial charge in [0.15, 0.2) is 0 Å². The third kappa shape index (κ3) is 4.50. The Kier molecular flexibility index (Phi) is 5.54. The second kappa shape index (κ2) is 6.43. The number of halogens is 1. The van der Waals surface area contributed by atoms with Gasteiger partial charge in [-0.05, 0) is 62.1 Å². The third-order valence-electron chi connectivity index (χ3n) is 3.37. The number of benzene rings is 1. The van der Waals surface area contributed by atoms with Crippen molar-refractivity contribution in [2.24, 2.45) is 0 Å². The van der Waals surface area contributed by atoms with Crippen molar-refractivity contribution in [1.82, 2.24) is 9.62 Å². The molecule has 0 atom stereocenters. The van der Waals surface area contributed by atoms with E-state index in [0.717, 1.165) is 6.07 Å². The first kappa shape index (κ1) is 18.1. The fourth-order valence-electron chi connectivity index (χ4n) is 1.35. The van der Waals surface area contributed by atoms with E-state index in [1.54, 1.807) is 0 Å². The van der Waals surface area contributed by atoms with Crippen molar-refractivity contribution in [2.45, 2.75) is 24.3 Å². The van der Waals surface area contributed by atoms with Crippen LogP contribution in [0, 0.1) is 0 Å². The lowest BCUT2D eigenvalue weighted by Gasteiger charge is -2.32. The van der Waals surface area contributed by atoms with Crippen molar-refractivity contribution in [3.8, 4) is 0 Å². The lowest BCUT2D eigenvalue weighted by atomic mass is 10.1. The normalized spacial score (nSPS) is 12.7. The summed E-state index contributed by atoms with van der Waals surface area (Å²) in [6.07, 6.45) is 0. The fourth-order valence-corrected chi connectivity index (χ4v) is 3.54. The summed E-state index contributed by atoms with van der Waals surface area (Å²) in [5.74, 6) is -1.17. The van der Waals surface area contributed by atoms with Crippen LogP contribution in [0.3, 0.4) is 0 Å². The smallest absolute Gasteiger partial charge is 0.335 e. The predicted octanol–water partition coefficient (Wildman–Crippen LogP) is 1.77. The fraction of sp³-hybridized carbons (Fsp3) is 0.462. The second-order valence-electron chi connectivity index (χ2n) is 5.48. The van der Waals surface area contributed by atoms with Gasteiger partial charge in [-0.15, -0.1) is 0 Å². The van der Waals surface area contributed by atoms with Gasteiger partial charge in [0.1, 0.15) is 0 Å². The van der Waals surface area contributed by atoms with E-state index in [0.29, 0.717) is 4.47 Å². The summed E-state index contributed by atoms with van der Waals surface area (Å²) in [5, 5.41) is 8.96. The highest BCUT2D eigenvalue weighted by Gasteiger charge is 2.25. The minimum Gasteiger partial charge on any atom is -0.478 e. The number of carboxylic acid groups (broad SMARTS) is 1. The number of likely N-dealkylation sites (N-methyl/N-ethyl adjacent to an activating group) is 1. The molecule has 0 aliphatic heterocycles. The van der Waals surface area contributed by atoms with Crippen molar-refractivity contribution >= 4 is 31.9 Å². The molecule has 0 unspecified atom stereocenters. The Hall–Kier alpha value is -0.960. The summed E-state index contributed by atoms with van der Waals surface area (Å²) in [6, 6.07) is 3.89. The van der Waals surface area contributed by atoms with Gasteiger partial charge in [0.05, 0.1) is 10.5 Å². The number of aromatic carboxylic acids is 1. The van der Waals surface area contributed by atoms with Crippen LogP contribution in [0.15, 0.2) is 27.6 Å². The van der Waals surface area contributed by atoms with E-state index in [-0.39, 0.29) is 22.5 Å².